The molecule has 0 saturated carbocycles. The van der Waals surface area contributed by atoms with Crippen LogP contribution in [0.1, 0.15) is 27.7 Å². The highest BCUT2D eigenvalue weighted by molar-refractivity contribution is 8.16. The van der Waals surface area contributed by atoms with Crippen LogP contribution >= 0.6 is 23.5 Å². The van der Waals surface area contributed by atoms with E-state index in [-0.39, 0.29) is 0 Å². The van der Waals surface area contributed by atoms with Crippen molar-refractivity contribution in [2.24, 2.45) is 0 Å². The van der Waals surface area contributed by atoms with E-state index in [0.717, 1.165) is 31.3 Å². The Morgan fingerprint density at radius 2 is 0.880 bits per heavy atom. The van der Waals surface area contributed by atoms with Crippen LogP contribution in [-0.4, -0.2) is 31.3 Å². The molecule has 0 radical (unpaired) electrons. The second kappa shape index (κ2) is 10.7. The van der Waals surface area contributed by atoms with Crippen LogP contribution in [0, 0.1) is 0 Å². The molecular weight excluding hydrogens is 344 g/mol. The standard InChI is InChI=1S/C21H30N2S2/c1-5-22(6-2)18-9-13-20(14-10-18)24-17-25-21-15-11-19(12-16-21)23(7-3)8-4/h9-16H,5-8,17H2,1-4H3. The fourth-order valence-electron chi connectivity index (χ4n) is 2.85. The van der Waals surface area contributed by atoms with Crippen molar-refractivity contribution in [1.82, 2.24) is 0 Å². The molecule has 2 aromatic carbocycles. The summed E-state index contributed by atoms with van der Waals surface area (Å²) < 4.78 is 0. The zero-order valence-electron chi connectivity index (χ0n) is 15.9. The Balaban J connectivity index is 1.84. The van der Waals surface area contributed by atoms with Crippen molar-refractivity contribution in [3.63, 3.8) is 0 Å². The van der Waals surface area contributed by atoms with Crippen LogP contribution in [0.4, 0.5) is 11.4 Å². The zero-order chi connectivity index (χ0) is 18.1. The predicted octanol–water partition coefficient (Wildman–Crippen LogP) is 6.22. The van der Waals surface area contributed by atoms with E-state index in [4.69, 9.17) is 0 Å². The number of nitrogens with zero attached hydrogens (tertiary/aromatic N) is 2. The van der Waals surface area contributed by atoms with Gasteiger partial charge in [-0.2, -0.15) is 0 Å². The molecule has 0 amide bonds. The molecule has 136 valence electrons. The predicted molar refractivity (Wildman–Crippen MR) is 117 cm³/mol. The Labute approximate surface area is 162 Å². The Bertz CT molecular complexity index is 547. The summed E-state index contributed by atoms with van der Waals surface area (Å²) in [7, 11) is 0. The molecule has 0 fully saturated rings. The van der Waals surface area contributed by atoms with Gasteiger partial charge in [-0.05, 0) is 76.2 Å². The van der Waals surface area contributed by atoms with E-state index >= 15 is 0 Å². The summed E-state index contributed by atoms with van der Waals surface area (Å²) >= 11 is 3.81. The Morgan fingerprint density at radius 3 is 1.16 bits per heavy atom. The van der Waals surface area contributed by atoms with Crippen LogP contribution in [0.2, 0.25) is 0 Å². The molecule has 0 aliphatic heterocycles. The molecule has 2 nitrogen and oxygen atoms in total. The number of anilines is 2. The molecule has 0 bridgehead atoms. The lowest BCUT2D eigenvalue weighted by Crippen LogP contribution is -2.21. The summed E-state index contributed by atoms with van der Waals surface area (Å²) in [5.74, 6) is 0. The van der Waals surface area contributed by atoms with Gasteiger partial charge >= 0.3 is 0 Å². The van der Waals surface area contributed by atoms with Gasteiger partial charge in [0.1, 0.15) is 0 Å². The van der Waals surface area contributed by atoms with Gasteiger partial charge in [0.2, 0.25) is 0 Å². The third-order valence-electron chi connectivity index (χ3n) is 4.38. The normalized spacial score (nSPS) is 10.7. The van der Waals surface area contributed by atoms with Gasteiger partial charge in [0.05, 0.1) is 0 Å². The first kappa shape index (κ1) is 20.1. The average molecular weight is 375 g/mol. The molecule has 0 spiro atoms. The van der Waals surface area contributed by atoms with E-state index < -0.39 is 0 Å². The maximum absolute atomic E-state index is 2.38. The first-order chi connectivity index (χ1) is 12.2. The molecule has 2 aromatic rings. The lowest BCUT2D eigenvalue weighted by Gasteiger charge is -2.21. The molecule has 4 heteroatoms. The third-order valence-corrected chi connectivity index (χ3v) is 6.54. The van der Waals surface area contributed by atoms with Gasteiger partial charge in [0, 0.05) is 52.4 Å². The number of rotatable bonds is 10. The molecular formula is C21H30N2S2. The van der Waals surface area contributed by atoms with E-state index in [1.165, 1.54) is 21.2 Å². The molecule has 0 saturated heterocycles. The van der Waals surface area contributed by atoms with E-state index in [1.807, 2.05) is 23.5 Å². The molecule has 0 unspecified atom stereocenters. The van der Waals surface area contributed by atoms with Crippen molar-refractivity contribution >= 4 is 34.9 Å². The average Bonchev–Trinajstić information content (AvgIpc) is 2.66. The lowest BCUT2D eigenvalue weighted by molar-refractivity contribution is 0.865. The Kier molecular flexibility index (Phi) is 8.56. The molecule has 0 aliphatic carbocycles. The van der Waals surface area contributed by atoms with Crippen molar-refractivity contribution in [2.45, 2.75) is 37.5 Å². The Morgan fingerprint density at radius 1 is 0.560 bits per heavy atom. The monoisotopic (exact) mass is 374 g/mol. The smallest absolute Gasteiger partial charge is 0.0486 e. The van der Waals surface area contributed by atoms with Crippen molar-refractivity contribution < 1.29 is 0 Å². The van der Waals surface area contributed by atoms with Gasteiger partial charge in [-0.3, -0.25) is 0 Å². The molecule has 0 atom stereocenters. The van der Waals surface area contributed by atoms with E-state index in [1.54, 1.807) is 0 Å². The van der Waals surface area contributed by atoms with E-state index in [0.29, 0.717) is 0 Å². The topological polar surface area (TPSA) is 6.48 Å². The van der Waals surface area contributed by atoms with Crippen molar-refractivity contribution in [3.05, 3.63) is 48.5 Å². The van der Waals surface area contributed by atoms with Crippen LogP contribution in [0.5, 0.6) is 0 Å². The molecule has 0 heterocycles. The second-order valence-corrected chi connectivity index (χ2v) is 8.20. The van der Waals surface area contributed by atoms with Crippen LogP contribution in [-0.2, 0) is 0 Å². The third kappa shape index (κ3) is 5.89. The molecule has 0 aromatic heterocycles. The molecule has 25 heavy (non-hydrogen) atoms. The fourth-order valence-corrected chi connectivity index (χ4v) is 4.83. The maximum Gasteiger partial charge on any atom is 0.0486 e. The SMILES string of the molecule is CCN(CC)c1ccc(SCSc2ccc(N(CC)CC)cc2)cc1. The zero-order valence-corrected chi connectivity index (χ0v) is 17.5. The van der Waals surface area contributed by atoms with Gasteiger partial charge in [0.15, 0.2) is 0 Å². The first-order valence-corrected chi connectivity index (χ1v) is 11.1. The van der Waals surface area contributed by atoms with Gasteiger partial charge in [-0.15, -0.1) is 23.5 Å². The van der Waals surface area contributed by atoms with Crippen LogP contribution in [0.15, 0.2) is 58.3 Å². The first-order valence-electron chi connectivity index (χ1n) is 9.17. The molecule has 0 N–H and O–H groups in total. The van der Waals surface area contributed by atoms with Gasteiger partial charge in [0.25, 0.3) is 0 Å². The largest absolute Gasteiger partial charge is 0.372 e. The quantitative estimate of drug-likeness (QED) is 0.359. The maximum atomic E-state index is 2.38. The van der Waals surface area contributed by atoms with Crippen molar-refractivity contribution in [1.29, 1.82) is 0 Å². The summed E-state index contributed by atoms with van der Waals surface area (Å²) in [4.78, 5) is 7.42. The summed E-state index contributed by atoms with van der Waals surface area (Å²) in [5.41, 5.74) is 2.63. The highest BCUT2D eigenvalue weighted by Gasteiger charge is 2.04. The summed E-state index contributed by atoms with van der Waals surface area (Å²) in [5, 5.41) is 1.04. The van der Waals surface area contributed by atoms with Crippen molar-refractivity contribution in [3.8, 4) is 0 Å². The fraction of sp³-hybridized carbons (Fsp3) is 0.429. The van der Waals surface area contributed by atoms with Crippen LogP contribution < -0.4 is 9.80 Å². The minimum absolute atomic E-state index is 1.04. The summed E-state index contributed by atoms with van der Waals surface area (Å²) in [6.45, 7) is 13.0. The van der Waals surface area contributed by atoms with Gasteiger partial charge < -0.3 is 9.80 Å². The second-order valence-electron chi connectivity index (χ2n) is 5.74. The Hall–Kier alpha value is -1.26. The minimum Gasteiger partial charge on any atom is -0.372 e. The number of hydrogen-bond donors (Lipinski definition) is 0. The number of hydrogen-bond acceptors (Lipinski definition) is 4. The lowest BCUT2D eigenvalue weighted by atomic mass is 10.3. The highest BCUT2D eigenvalue weighted by atomic mass is 32.2. The van der Waals surface area contributed by atoms with Crippen LogP contribution in [0.3, 0.4) is 0 Å². The molecule has 0 aliphatic rings. The van der Waals surface area contributed by atoms with Gasteiger partial charge in [-0.1, -0.05) is 0 Å². The molecule has 2 rings (SSSR count). The highest BCUT2D eigenvalue weighted by Crippen LogP contribution is 2.30. The van der Waals surface area contributed by atoms with Crippen molar-refractivity contribution in [2.75, 3.05) is 41.1 Å². The summed E-state index contributed by atoms with van der Waals surface area (Å²) in [6, 6.07) is 17.9. The minimum atomic E-state index is 1.04. The van der Waals surface area contributed by atoms with Gasteiger partial charge in [-0.25, -0.2) is 0 Å². The number of benzene rings is 2. The summed E-state index contributed by atoms with van der Waals surface area (Å²) in [6.07, 6.45) is 0. The van der Waals surface area contributed by atoms with E-state index in [9.17, 15) is 0 Å². The van der Waals surface area contributed by atoms with Crippen LogP contribution in [0.25, 0.3) is 0 Å². The van der Waals surface area contributed by atoms with E-state index in [2.05, 4.69) is 86.0 Å². The number of thioether (sulfide) groups is 2.